The molecule has 0 radical (unpaired) electrons. The van der Waals surface area contributed by atoms with Crippen LogP contribution < -0.4 is 5.73 Å². The van der Waals surface area contributed by atoms with Gasteiger partial charge in [0.15, 0.2) is 0 Å². The second-order valence-electron chi connectivity index (χ2n) is 4.60. The van der Waals surface area contributed by atoms with Crippen LogP contribution >= 0.6 is 0 Å². The zero-order valence-corrected chi connectivity index (χ0v) is 9.17. The zero-order chi connectivity index (χ0) is 11.6. The second kappa shape index (κ2) is 4.43. The van der Waals surface area contributed by atoms with Crippen LogP contribution in [0.1, 0.15) is 26.7 Å². The standard InChI is InChI=1S/C10H18F2N2O/c1-7(2)5-10(11,12)9(15)14-4-3-8(13)6-14/h7-8H,3-6,13H2,1-2H3. The molecule has 1 amide bonds. The molecule has 0 aromatic rings. The average molecular weight is 220 g/mol. The minimum atomic E-state index is -3.24. The Morgan fingerprint density at radius 3 is 2.60 bits per heavy atom. The highest BCUT2D eigenvalue weighted by atomic mass is 19.3. The predicted octanol–water partition coefficient (Wildman–Crippen LogP) is 1.23. The molecule has 1 unspecified atom stereocenters. The smallest absolute Gasteiger partial charge is 0.325 e. The van der Waals surface area contributed by atoms with Crippen LogP contribution in [-0.2, 0) is 4.79 Å². The van der Waals surface area contributed by atoms with Crippen molar-refractivity contribution in [2.24, 2.45) is 11.7 Å². The van der Waals surface area contributed by atoms with E-state index in [-0.39, 0.29) is 18.5 Å². The SMILES string of the molecule is CC(C)CC(F)(F)C(=O)N1CCC(N)C1. The Hall–Kier alpha value is -0.710. The summed E-state index contributed by atoms with van der Waals surface area (Å²) in [5, 5.41) is 0. The van der Waals surface area contributed by atoms with Gasteiger partial charge in [0, 0.05) is 25.6 Å². The molecule has 1 aliphatic rings. The summed E-state index contributed by atoms with van der Waals surface area (Å²) in [7, 11) is 0. The van der Waals surface area contributed by atoms with E-state index in [0.717, 1.165) is 0 Å². The van der Waals surface area contributed by atoms with Crippen molar-refractivity contribution in [3.8, 4) is 0 Å². The molecule has 3 nitrogen and oxygen atoms in total. The summed E-state index contributed by atoms with van der Waals surface area (Å²) in [5.41, 5.74) is 5.57. The van der Waals surface area contributed by atoms with Crippen molar-refractivity contribution < 1.29 is 13.6 Å². The molecule has 0 aromatic carbocycles. The molecule has 0 aliphatic carbocycles. The Balaban J connectivity index is 2.58. The summed E-state index contributed by atoms with van der Waals surface area (Å²) in [6, 6.07) is -0.149. The second-order valence-corrected chi connectivity index (χ2v) is 4.60. The molecular formula is C10H18F2N2O. The Kier molecular flexibility index (Phi) is 3.65. The number of alkyl halides is 2. The van der Waals surface area contributed by atoms with Crippen LogP contribution in [0, 0.1) is 5.92 Å². The van der Waals surface area contributed by atoms with E-state index in [2.05, 4.69) is 0 Å². The first kappa shape index (κ1) is 12.4. The lowest BCUT2D eigenvalue weighted by atomic mass is 10.0. The fourth-order valence-electron chi connectivity index (χ4n) is 1.80. The number of nitrogens with zero attached hydrogens (tertiary/aromatic N) is 1. The summed E-state index contributed by atoms with van der Waals surface area (Å²) >= 11 is 0. The molecule has 1 fully saturated rings. The van der Waals surface area contributed by atoms with Gasteiger partial charge in [-0.15, -0.1) is 0 Å². The number of carbonyl (C=O) groups excluding carboxylic acids is 1. The molecule has 0 aromatic heterocycles. The number of hydrogen-bond donors (Lipinski definition) is 1. The van der Waals surface area contributed by atoms with Crippen molar-refractivity contribution in [1.29, 1.82) is 0 Å². The zero-order valence-electron chi connectivity index (χ0n) is 9.17. The summed E-state index contributed by atoms with van der Waals surface area (Å²) < 4.78 is 26.8. The number of amides is 1. The number of halogens is 2. The van der Waals surface area contributed by atoms with Crippen molar-refractivity contribution in [2.75, 3.05) is 13.1 Å². The fraction of sp³-hybridized carbons (Fsp3) is 0.900. The minimum absolute atomic E-state index is 0.149. The minimum Gasteiger partial charge on any atom is -0.336 e. The first-order chi connectivity index (χ1) is 6.83. The third-order valence-electron chi connectivity index (χ3n) is 2.49. The van der Waals surface area contributed by atoms with Crippen LogP contribution in [0.25, 0.3) is 0 Å². The maximum atomic E-state index is 13.4. The number of rotatable bonds is 3. The van der Waals surface area contributed by atoms with E-state index in [1.165, 1.54) is 4.90 Å². The maximum Gasteiger partial charge on any atom is 0.325 e. The third kappa shape index (κ3) is 3.12. The Morgan fingerprint density at radius 2 is 2.20 bits per heavy atom. The van der Waals surface area contributed by atoms with Crippen LogP contribution in [-0.4, -0.2) is 35.9 Å². The van der Waals surface area contributed by atoms with Crippen molar-refractivity contribution >= 4 is 5.91 Å². The van der Waals surface area contributed by atoms with Crippen LogP contribution in [0.2, 0.25) is 0 Å². The Labute approximate surface area is 88.6 Å². The lowest BCUT2D eigenvalue weighted by Crippen LogP contribution is -2.44. The largest absolute Gasteiger partial charge is 0.336 e. The van der Waals surface area contributed by atoms with Gasteiger partial charge in [-0.25, -0.2) is 0 Å². The molecule has 1 rings (SSSR count). The van der Waals surface area contributed by atoms with Crippen molar-refractivity contribution in [3.05, 3.63) is 0 Å². The average Bonchev–Trinajstić information content (AvgIpc) is 2.48. The van der Waals surface area contributed by atoms with Gasteiger partial charge in [0.25, 0.3) is 5.91 Å². The molecule has 1 saturated heterocycles. The molecule has 0 spiro atoms. The van der Waals surface area contributed by atoms with Gasteiger partial charge in [-0.2, -0.15) is 8.78 Å². The number of hydrogen-bond acceptors (Lipinski definition) is 2. The van der Waals surface area contributed by atoms with Gasteiger partial charge in [-0.05, 0) is 12.3 Å². The Bertz CT molecular complexity index is 244. The third-order valence-corrected chi connectivity index (χ3v) is 2.49. The molecule has 15 heavy (non-hydrogen) atoms. The first-order valence-electron chi connectivity index (χ1n) is 5.25. The van der Waals surface area contributed by atoms with Gasteiger partial charge in [-0.3, -0.25) is 4.79 Å². The maximum absolute atomic E-state index is 13.4. The highest BCUT2D eigenvalue weighted by molar-refractivity contribution is 5.83. The van der Waals surface area contributed by atoms with Crippen LogP contribution in [0.3, 0.4) is 0 Å². The predicted molar refractivity (Wildman–Crippen MR) is 53.6 cm³/mol. The highest BCUT2D eigenvalue weighted by Crippen LogP contribution is 2.27. The lowest BCUT2D eigenvalue weighted by molar-refractivity contribution is -0.158. The van der Waals surface area contributed by atoms with E-state index in [9.17, 15) is 13.6 Å². The molecule has 1 aliphatic heterocycles. The van der Waals surface area contributed by atoms with Crippen LogP contribution in [0.4, 0.5) is 8.78 Å². The van der Waals surface area contributed by atoms with Gasteiger partial charge >= 0.3 is 5.92 Å². The van der Waals surface area contributed by atoms with Crippen molar-refractivity contribution in [1.82, 2.24) is 4.90 Å². The van der Waals surface area contributed by atoms with Gasteiger partial charge in [0.2, 0.25) is 0 Å². The normalized spacial score (nSPS) is 22.5. The lowest BCUT2D eigenvalue weighted by Gasteiger charge is -2.23. The highest BCUT2D eigenvalue weighted by Gasteiger charge is 2.43. The van der Waals surface area contributed by atoms with Crippen molar-refractivity contribution in [3.63, 3.8) is 0 Å². The summed E-state index contributed by atoms with van der Waals surface area (Å²) in [4.78, 5) is 12.6. The van der Waals surface area contributed by atoms with E-state index in [1.54, 1.807) is 13.8 Å². The Morgan fingerprint density at radius 1 is 1.60 bits per heavy atom. The molecule has 1 heterocycles. The van der Waals surface area contributed by atoms with Gasteiger partial charge in [0.1, 0.15) is 0 Å². The van der Waals surface area contributed by atoms with E-state index < -0.39 is 18.3 Å². The molecule has 0 saturated carbocycles. The number of likely N-dealkylation sites (tertiary alicyclic amines) is 1. The van der Waals surface area contributed by atoms with E-state index in [0.29, 0.717) is 13.0 Å². The fourth-order valence-corrected chi connectivity index (χ4v) is 1.80. The molecule has 2 N–H and O–H groups in total. The number of nitrogens with two attached hydrogens (primary N) is 1. The van der Waals surface area contributed by atoms with Crippen molar-refractivity contribution in [2.45, 2.75) is 38.7 Å². The topological polar surface area (TPSA) is 46.3 Å². The van der Waals surface area contributed by atoms with E-state index in [1.807, 2.05) is 0 Å². The van der Waals surface area contributed by atoms with Crippen LogP contribution in [0.15, 0.2) is 0 Å². The molecule has 1 atom stereocenters. The molecule has 5 heteroatoms. The molecular weight excluding hydrogens is 202 g/mol. The first-order valence-corrected chi connectivity index (χ1v) is 5.25. The monoisotopic (exact) mass is 220 g/mol. The summed E-state index contributed by atoms with van der Waals surface area (Å²) in [6.45, 7) is 3.97. The van der Waals surface area contributed by atoms with Gasteiger partial charge in [0.05, 0.1) is 0 Å². The summed E-state index contributed by atoms with van der Waals surface area (Å²) in [5.74, 6) is -4.50. The van der Waals surface area contributed by atoms with E-state index >= 15 is 0 Å². The molecule has 0 bridgehead atoms. The number of carbonyl (C=O) groups is 1. The van der Waals surface area contributed by atoms with Gasteiger partial charge in [-0.1, -0.05) is 13.8 Å². The van der Waals surface area contributed by atoms with Gasteiger partial charge < -0.3 is 10.6 Å². The summed E-state index contributed by atoms with van der Waals surface area (Å²) in [6.07, 6.45) is 0.223. The quantitative estimate of drug-likeness (QED) is 0.777. The van der Waals surface area contributed by atoms with E-state index in [4.69, 9.17) is 5.73 Å². The van der Waals surface area contributed by atoms with Crippen LogP contribution in [0.5, 0.6) is 0 Å². The molecule has 88 valence electrons.